The van der Waals surface area contributed by atoms with Crippen molar-refractivity contribution < 1.29 is 13.5 Å². The van der Waals surface area contributed by atoms with Gasteiger partial charge in [0.1, 0.15) is 6.10 Å². The number of aliphatic hydroxyl groups is 1. The van der Waals surface area contributed by atoms with E-state index in [0.717, 1.165) is 5.56 Å². The molecule has 1 rings (SSSR count). The van der Waals surface area contributed by atoms with E-state index in [2.05, 4.69) is 0 Å². The van der Waals surface area contributed by atoms with Gasteiger partial charge in [-0.05, 0) is 12.5 Å². The van der Waals surface area contributed by atoms with Crippen LogP contribution in [0.4, 0.5) is 0 Å². The molecule has 0 unspecified atom stereocenters. The first kappa shape index (κ1) is 14.8. The second-order valence-corrected chi connectivity index (χ2v) is 8.07. The monoisotopic (exact) mass is 296 g/mol. The Balaban J connectivity index is 3.17. The number of hydrogen-bond donors (Lipinski definition) is 1. The summed E-state index contributed by atoms with van der Waals surface area (Å²) in [6, 6.07) is 6.77. The third-order valence-electron chi connectivity index (χ3n) is 2.47. The van der Waals surface area contributed by atoms with Crippen LogP contribution in [-0.4, -0.2) is 22.9 Å². The smallest absolute Gasteiger partial charge is 0.247 e. The molecular formula is C11H14Cl2O3S. The molecule has 0 fully saturated rings. The second-order valence-electron chi connectivity index (χ2n) is 3.78. The van der Waals surface area contributed by atoms with Gasteiger partial charge in [0.2, 0.25) is 3.67 Å². The minimum absolute atomic E-state index is 0.233. The molecule has 6 heteroatoms. The highest BCUT2D eigenvalue weighted by atomic mass is 35.5. The Morgan fingerprint density at radius 2 is 2.00 bits per heavy atom. The fourth-order valence-corrected chi connectivity index (χ4v) is 3.16. The van der Waals surface area contributed by atoms with Gasteiger partial charge in [-0.25, -0.2) is 8.42 Å². The topological polar surface area (TPSA) is 54.4 Å². The van der Waals surface area contributed by atoms with E-state index in [9.17, 15) is 13.5 Å². The van der Waals surface area contributed by atoms with Crippen LogP contribution in [-0.2, 0) is 9.84 Å². The van der Waals surface area contributed by atoms with Gasteiger partial charge in [-0.3, -0.25) is 0 Å². The summed E-state index contributed by atoms with van der Waals surface area (Å²) in [5.41, 5.74) is 1.27. The van der Waals surface area contributed by atoms with E-state index in [1.165, 1.54) is 6.92 Å². The quantitative estimate of drug-likeness (QED) is 0.869. The van der Waals surface area contributed by atoms with Gasteiger partial charge in [-0.1, -0.05) is 60.0 Å². The largest absolute Gasteiger partial charge is 0.384 e. The number of sulfone groups is 1. The molecule has 1 aromatic rings. The van der Waals surface area contributed by atoms with Crippen molar-refractivity contribution in [2.75, 3.05) is 5.75 Å². The molecule has 3 nitrogen and oxygen atoms in total. The van der Waals surface area contributed by atoms with Crippen LogP contribution in [0.25, 0.3) is 0 Å². The second kappa shape index (κ2) is 5.14. The van der Waals surface area contributed by atoms with Crippen molar-refractivity contribution in [3.8, 4) is 0 Å². The molecule has 17 heavy (non-hydrogen) atoms. The lowest BCUT2D eigenvalue weighted by Gasteiger charge is -2.25. The van der Waals surface area contributed by atoms with Crippen molar-refractivity contribution in [3.63, 3.8) is 0 Å². The van der Waals surface area contributed by atoms with Crippen molar-refractivity contribution >= 4 is 33.0 Å². The summed E-state index contributed by atoms with van der Waals surface area (Å²) in [5.74, 6) is -0.233. The van der Waals surface area contributed by atoms with Gasteiger partial charge >= 0.3 is 0 Å². The summed E-state index contributed by atoms with van der Waals surface area (Å²) >= 11 is 11.6. The van der Waals surface area contributed by atoms with E-state index in [1.807, 2.05) is 13.0 Å². The number of hydrogen-bond acceptors (Lipinski definition) is 3. The van der Waals surface area contributed by atoms with Gasteiger partial charge < -0.3 is 5.11 Å². The molecule has 0 aliphatic rings. The van der Waals surface area contributed by atoms with Gasteiger partial charge in [-0.15, -0.1) is 0 Å². The van der Waals surface area contributed by atoms with Crippen LogP contribution in [0.15, 0.2) is 24.3 Å². The van der Waals surface area contributed by atoms with E-state index in [-0.39, 0.29) is 5.75 Å². The van der Waals surface area contributed by atoms with Crippen molar-refractivity contribution in [1.29, 1.82) is 0 Å². The Hall–Kier alpha value is -0.290. The Kier molecular flexibility index (Phi) is 4.47. The third kappa shape index (κ3) is 2.94. The molecule has 96 valence electrons. The minimum atomic E-state index is -3.78. The minimum Gasteiger partial charge on any atom is -0.384 e. The van der Waals surface area contributed by atoms with E-state index in [4.69, 9.17) is 23.2 Å². The van der Waals surface area contributed by atoms with Crippen molar-refractivity contribution in [1.82, 2.24) is 0 Å². The molecular weight excluding hydrogens is 283 g/mol. The predicted octanol–water partition coefficient (Wildman–Crippen LogP) is 2.59. The van der Waals surface area contributed by atoms with Gasteiger partial charge in [0.05, 0.1) is 5.75 Å². The Bertz CT molecular complexity index is 497. The lowest BCUT2D eigenvalue weighted by Crippen LogP contribution is -2.34. The number of aliphatic hydroxyl groups excluding tert-OH is 1. The molecule has 1 aromatic carbocycles. The fourth-order valence-electron chi connectivity index (χ4n) is 1.40. The zero-order valence-electron chi connectivity index (χ0n) is 9.52. The Morgan fingerprint density at radius 1 is 1.41 bits per heavy atom. The van der Waals surface area contributed by atoms with Crippen LogP contribution < -0.4 is 0 Å². The summed E-state index contributed by atoms with van der Waals surface area (Å²) in [4.78, 5) is 0. The first-order valence-corrected chi connectivity index (χ1v) is 7.48. The first-order chi connectivity index (χ1) is 7.72. The first-order valence-electron chi connectivity index (χ1n) is 5.07. The van der Waals surface area contributed by atoms with Crippen molar-refractivity contribution in [3.05, 3.63) is 35.4 Å². The Labute approximate surface area is 111 Å². The lowest BCUT2D eigenvalue weighted by molar-refractivity contribution is 0.181. The van der Waals surface area contributed by atoms with Crippen molar-refractivity contribution in [2.45, 2.75) is 23.6 Å². The average Bonchev–Trinajstić information content (AvgIpc) is 2.27. The van der Waals surface area contributed by atoms with Gasteiger partial charge in [0.15, 0.2) is 9.84 Å². The number of rotatable bonds is 4. The van der Waals surface area contributed by atoms with Crippen LogP contribution in [0.1, 0.15) is 24.2 Å². The molecule has 1 atom stereocenters. The van der Waals surface area contributed by atoms with Crippen molar-refractivity contribution in [2.24, 2.45) is 0 Å². The van der Waals surface area contributed by atoms with Crippen LogP contribution in [0.3, 0.4) is 0 Å². The van der Waals surface area contributed by atoms with E-state index in [1.54, 1.807) is 18.2 Å². The molecule has 1 N–H and O–H groups in total. The highest BCUT2D eigenvalue weighted by Crippen LogP contribution is 2.41. The molecule has 0 aliphatic carbocycles. The molecule has 0 spiro atoms. The van der Waals surface area contributed by atoms with E-state index in [0.29, 0.717) is 5.56 Å². The maximum atomic E-state index is 11.7. The molecule has 0 heterocycles. The van der Waals surface area contributed by atoms with Crippen LogP contribution in [0.5, 0.6) is 0 Å². The summed E-state index contributed by atoms with van der Waals surface area (Å²) in [7, 11) is -3.78. The summed E-state index contributed by atoms with van der Waals surface area (Å²) in [6.07, 6.45) is -1.48. The molecule has 0 aromatic heterocycles. The Morgan fingerprint density at radius 3 is 2.47 bits per heavy atom. The highest BCUT2D eigenvalue weighted by molar-refractivity contribution is 7.95. The number of aryl methyl sites for hydroxylation is 1. The van der Waals surface area contributed by atoms with Crippen LogP contribution in [0.2, 0.25) is 0 Å². The van der Waals surface area contributed by atoms with Gasteiger partial charge in [-0.2, -0.15) is 0 Å². The average molecular weight is 297 g/mol. The zero-order valence-corrected chi connectivity index (χ0v) is 11.9. The van der Waals surface area contributed by atoms with Gasteiger partial charge in [0, 0.05) is 0 Å². The third-order valence-corrected chi connectivity index (χ3v) is 6.11. The number of alkyl halides is 2. The highest BCUT2D eigenvalue weighted by Gasteiger charge is 2.46. The van der Waals surface area contributed by atoms with Crippen LogP contribution in [0, 0.1) is 6.92 Å². The maximum absolute atomic E-state index is 11.7. The molecule has 0 aliphatic heterocycles. The van der Waals surface area contributed by atoms with E-state index >= 15 is 0 Å². The molecule has 0 radical (unpaired) electrons. The maximum Gasteiger partial charge on any atom is 0.247 e. The van der Waals surface area contributed by atoms with E-state index < -0.39 is 19.6 Å². The predicted molar refractivity (Wildman–Crippen MR) is 70.0 cm³/mol. The lowest BCUT2D eigenvalue weighted by atomic mass is 10.1. The zero-order chi connectivity index (χ0) is 13.3. The van der Waals surface area contributed by atoms with Crippen LogP contribution >= 0.6 is 23.2 Å². The molecule has 0 amide bonds. The standard InChI is InChI=1S/C11H14Cl2O3S/c1-3-17(15,16)11(12,13)10(14)9-6-4-5-8(2)7-9/h4-7,10,14H,3H2,1-2H3/t10-/m0/s1. The summed E-state index contributed by atoms with van der Waals surface area (Å²) < 4.78 is 21.2. The fraction of sp³-hybridized carbons (Fsp3) is 0.455. The number of halogens is 2. The molecule has 0 bridgehead atoms. The number of benzene rings is 1. The molecule has 0 saturated carbocycles. The molecule has 0 saturated heterocycles. The summed E-state index contributed by atoms with van der Waals surface area (Å²) in [5, 5.41) is 10.00. The normalized spacial score (nSPS) is 14.6. The van der Waals surface area contributed by atoms with Gasteiger partial charge in [0.25, 0.3) is 0 Å². The SMILES string of the molecule is CCS(=O)(=O)C(Cl)(Cl)[C@@H](O)c1cccc(C)c1. The summed E-state index contributed by atoms with van der Waals surface area (Å²) in [6.45, 7) is 3.26.